The number of alkyl carbamates (subject to hydrolysis) is 1. The molecule has 1 aromatic rings. The van der Waals surface area contributed by atoms with Gasteiger partial charge in [0.05, 0.1) is 4.90 Å². The molecule has 0 radical (unpaired) electrons. The summed E-state index contributed by atoms with van der Waals surface area (Å²) in [6.07, 6.45) is -2.39. The number of rotatable bonds is 3. The van der Waals surface area contributed by atoms with Crippen LogP contribution in [0.4, 0.5) is 9.59 Å². The molecule has 0 saturated carbocycles. The van der Waals surface area contributed by atoms with Crippen LogP contribution in [-0.4, -0.2) is 42.8 Å². The fourth-order valence-electron chi connectivity index (χ4n) is 1.76. The highest BCUT2D eigenvalue weighted by Crippen LogP contribution is 2.17. The summed E-state index contributed by atoms with van der Waals surface area (Å²) in [6.45, 7) is 11.2. The summed E-state index contributed by atoms with van der Waals surface area (Å²) < 4.78 is 39.9. The minimum absolute atomic E-state index is 0.0321. The lowest BCUT2D eigenvalue weighted by Crippen LogP contribution is -2.50. The third-order valence-electron chi connectivity index (χ3n) is 2.86. The lowest BCUT2D eigenvalue weighted by Gasteiger charge is -2.26. The highest BCUT2D eigenvalue weighted by atomic mass is 32.2. The number of aryl methyl sites for hydroxylation is 1. The Bertz CT molecular complexity index is 866. The van der Waals surface area contributed by atoms with Gasteiger partial charge in [-0.05, 0) is 60.6 Å². The Morgan fingerprint density at radius 1 is 0.966 bits per heavy atom. The van der Waals surface area contributed by atoms with Gasteiger partial charge in [0.1, 0.15) is 11.2 Å². The lowest BCUT2D eigenvalue weighted by molar-refractivity contribution is -0.0293. The van der Waals surface area contributed by atoms with E-state index in [0.717, 1.165) is 5.56 Å². The second kappa shape index (κ2) is 8.78. The van der Waals surface area contributed by atoms with E-state index in [1.807, 2.05) is 5.32 Å². The number of benzene rings is 1. The van der Waals surface area contributed by atoms with E-state index in [1.54, 1.807) is 60.6 Å². The van der Waals surface area contributed by atoms with Gasteiger partial charge in [-0.2, -0.15) is 8.42 Å². The van der Waals surface area contributed by atoms with E-state index in [0.29, 0.717) is 0 Å². The lowest BCUT2D eigenvalue weighted by atomic mass is 10.2. The fraction of sp³-hybridized carbons (Fsp3) is 0.500. The van der Waals surface area contributed by atoms with Crippen molar-refractivity contribution in [2.75, 3.05) is 0 Å². The van der Waals surface area contributed by atoms with Crippen LogP contribution in [0.2, 0.25) is 0 Å². The molecule has 10 nitrogen and oxygen atoms in total. The highest BCUT2D eigenvalue weighted by Gasteiger charge is 2.33. The first-order valence-electron chi connectivity index (χ1n) is 8.63. The molecule has 0 fully saturated rings. The third-order valence-corrected chi connectivity index (χ3v) is 4.06. The van der Waals surface area contributed by atoms with Gasteiger partial charge in [0, 0.05) is 0 Å². The Morgan fingerprint density at radius 2 is 1.45 bits per heavy atom. The molecule has 162 valence electrons. The summed E-state index contributed by atoms with van der Waals surface area (Å²) in [6, 6.07) is 5.64. The number of nitrogens with one attached hydrogen (secondary N) is 2. The summed E-state index contributed by atoms with van der Waals surface area (Å²) >= 11 is 0. The van der Waals surface area contributed by atoms with Crippen molar-refractivity contribution in [2.45, 2.75) is 64.6 Å². The fourth-order valence-corrected chi connectivity index (χ4v) is 2.65. The van der Waals surface area contributed by atoms with Gasteiger partial charge in [-0.3, -0.25) is 10.7 Å². The first-order valence-corrected chi connectivity index (χ1v) is 10.0. The highest BCUT2D eigenvalue weighted by molar-refractivity contribution is 7.86. The predicted octanol–water partition coefficient (Wildman–Crippen LogP) is 3.31. The van der Waals surface area contributed by atoms with Crippen LogP contribution in [0, 0.1) is 12.3 Å². The average Bonchev–Trinajstić information content (AvgIpc) is 2.49. The predicted molar refractivity (Wildman–Crippen MR) is 105 cm³/mol. The van der Waals surface area contributed by atoms with Gasteiger partial charge >= 0.3 is 22.3 Å². The van der Waals surface area contributed by atoms with Gasteiger partial charge in [0.15, 0.2) is 0 Å². The number of hydrogen-bond donors (Lipinski definition) is 2. The summed E-state index contributed by atoms with van der Waals surface area (Å²) in [5, 5.41) is 9.90. The molecule has 0 saturated heterocycles. The molecule has 0 aliphatic heterocycles. The van der Waals surface area contributed by atoms with Crippen molar-refractivity contribution in [2.24, 2.45) is 0 Å². The Morgan fingerprint density at radius 3 is 1.90 bits per heavy atom. The molecule has 0 atom stereocenters. The van der Waals surface area contributed by atoms with Gasteiger partial charge in [0.25, 0.3) is 0 Å². The van der Waals surface area contributed by atoms with Crippen molar-refractivity contribution in [1.29, 1.82) is 5.41 Å². The monoisotopic (exact) mass is 429 g/mol. The second-order valence-electron chi connectivity index (χ2n) is 8.09. The topological polar surface area (TPSA) is 135 Å². The molecule has 2 amide bonds. The molecule has 0 aliphatic rings. The molecule has 29 heavy (non-hydrogen) atoms. The van der Waals surface area contributed by atoms with Gasteiger partial charge < -0.3 is 9.47 Å². The Hall–Kier alpha value is -2.66. The van der Waals surface area contributed by atoms with E-state index in [4.69, 9.17) is 19.2 Å². The number of hydroxylamine groups is 2. The summed E-state index contributed by atoms with van der Waals surface area (Å²) in [5.41, 5.74) is -1.08. The minimum Gasteiger partial charge on any atom is -0.444 e. The van der Waals surface area contributed by atoms with Crippen molar-refractivity contribution < 1.29 is 31.8 Å². The van der Waals surface area contributed by atoms with Gasteiger partial charge in [-0.15, -0.1) is 9.35 Å². The van der Waals surface area contributed by atoms with E-state index in [1.165, 1.54) is 12.1 Å². The van der Waals surface area contributed by atoms with Crippen LogP contribution in [0.3, 0.4) is 0 Å². The van der Waals surface area contributed by atoms with Crippen LogP contribution < -0.4 is 5.32 Å². The Balaban J connectivity index is 3.13. The van der Waals surface area contributed by atoms with Crippen molar-refractivity contribution in [3.63, 3.8) is 0 Å². The zero-order valence-electron chi connectivity index (χ0n) is 17.5. The van der Waals surface area contributed by atoms with Crippen molar-refractivity contribution >= 4 is 28.3 Å². The molecule has 1 aromatic carbocycles. The first kappa shape index (κ1) is 24.4. The first-order chi connectivity index (χ1) is 13.0. The summed E-state index contributed by atoms with van der Waals surface area (Å²) in [4.78, 5) is 24.1. The molecule has 0 heterocycles. The normalized spacial score (nSPS) is 12.1. The van der Waals surface area contributed by atoms with Crippen molar-refractivity contribution in [1.82, 2.24) is 10.4 Å². The van der Waals surface area contributed by atoms with Crippen LogP contribution >= 0.6 is 0 Å². The number of carbonyl (C=O) groups is 2. The van der Waals surface area contributed by atoms with E-state index in [9.17, 15) is 18.0 Å². The molecule has 0 aromatic heterocycles. The maximum absolute atomic E-state index is 12.5. The van der Waals surface area contributed by atoms with Crippen LogP contribution in [0.5, 0.6) is 0 Å². The smallest absolute Gasteiger partial charge is 0.443 e. The molecule has 2 N–H and O–H groups in total. The van der Waals surface area contributed by atoms with Gasteiger partial charge in [-0.25, -0.2) is 9.59 Å². The molecule has 1 rings (SSSR count). The van der Waals surface area contributed by atoms with Crippen LogP contribution in [0.1, 0.15) is 47.1 Å². The molecule has 11 heteroatoms. The van der Waals surface area contributed by atoms with Crippen LogP contribution in [0.25, 0.3) is 0 Å². The van der Waals surface area contributed by atoms with Crippen LogP contribution in [0.15, 0.2) is 29.2 Å². The van der Waals surface area contributed by atoms with E-state index in [-0.39, 0.29) is 9.96 Å². The van der Waals surface area contributed by atoms with E-state index in [2.05, 4.69) is 0 Å². The van der Waals surface area contributed by atoms with Gasteiger partial charge in [0.2, 0.25) is 5.96 Å². The van der Waals surface area contributed by atoms with Crippen LogP contribution in [-0.2, 0) is 23.9 Å². The van der Waals surface area contributed by atoms with Gasteiger partial charge in [-0.1, -0.05) is 17.7 Å². The van der Waals surface area contributed by atoms with E-state index >= 15 is 0 Å². The molecular formula is C18H27N3O7S. The zero-order valence-corrected chi connectivity index (χ0v) is 18.3. The number of amides is 2. The number of guanidine groups is 1. The summed E-state index contributed by atoms with van der Waals surface area (Å²) in [5.74, 6) is -0.996. The van der Waals surface area contributed by atoms with Crippen molar-refractivity contribution in [3.05, 3.63) is 29.8 Å². The summed E-state index contributed by atoms with van der Waals surface area (Å²) in [7, 11) is -4.50. The zero-order chi connectivity index (χ0) is 22.6. The largest absolute Gasteiger partial charge is 0.444 e. The molecular weight excluding hydrogens is 402 g/mol. The maximum atomic E-state index is 12.5. The average molecular weight is 429 g/mol. The molecule has 0 aliphatic carbocycles. The Labute approximate surface area is 170 Å². The minimum atomic E-state index is -4.50. The quantitative estimate of drug-likeness (QED) is 0.427. The van der Waals surface area contributed by atoms with Crippen molar-refractivity contribution in [3.8, 4) is 0 Å². The maximum Gasteiger partial charge on any atom is 0.443 e. The SMILES string of the molecule is Cc1ccc(S(=O)(=O)ON(C(=N)NC(=O)OC(C)(C)C)C(=O)OC(C)(C)C)cc1. The van der Waals surface area contributed by atoms with E-state index < -0.39 is 39.5 Å². The molecule has 0 bridgehead atoms. The number of carbonyl (C=O) groups excluding carboxylic acids is 2. The number of nitrogens with zero attached hydrogens (tertiary/aromatic N) is 1. The molecule has 0 spiro atoms. The Kier molecular flexibility index (Phi) is 7.38. The second-order valence-corrected chi connectivity index (χ2v) is 9.62. The number of hydrogen-bond acceptors (Lipinski definition) is 8. The number of ether oxygens (including phenoxy) is 2. The standard InChI is InChI=1S/C18H27N3O7S/c1-12-8-10-13(11-9-12)29(24,25)28-21(16(23)27-18(5,6)7)14(19)20-15(22)26-17(2,3)4/h8-11H,1-7H3,(H2,19,20,22). The molecule has 0 unspecified atom stereocenters. The third kappa shape index (κ3) is 8.48.